The second kappa shape index (κ2) is 6.70. The van der Waals surface area contributed by atoms with E-state index < -0.39 is 10.0 Å². The van der Waals surface area contributed by atoms with Gasteiger partial charge in [-0.1, -0.05) is 24.3 Å². The average Bonchev–Trinajstić information content (AvgIpc) is 3.01. The SMILES string of the molecule is CC(NCc1cccc2c1OCO2)c1ccc(NS(C)(=O)=O)cc1. The quantitative estimate of drug-likeness (QED) is 0.839. The lowest BCUT2D eigenvalue weighted by Crippen LogP contribution is -2.18. The van der Waals surface area contributed by atoms with E-state index in [2.05, 4.69) is 17.0 Å². The van der Waals surface area contributed by atoms with Crippen molar-refractivity contribution >= 4 is 15.7 Å². The number of hydrogen-bond donors (Lipinski definition) is 2. The molecule has 0 bridgehead atoms. The van der Waals surface area contributed by atoms with Crippen molar-refractivity contribution in [2.75, 3.05) is 17.8 Å². The second-order valence-electron chi connectivity index (χ2n) is 5.75. The van der Waals surface area contributed by atoms with E-state index >= 15 is 0 Å². The van der Waals surface area contributed by atoms with E-state index in [1.54, 1.807) is 12.1 Å². The maximum absolute atomic E-state index is 11.2. The largest absolute Gasteiger partial charge is 0.454 e. The Morgan fingerprint density at radius 3 is 2.58 bits per heavy atom. The van der Waals surface area contributed by atoms with Gasteiger partial charge in [0.2, 0.25) is 16.8 Å². The lowest BCUT2D eigenvalue weighted by Gasteiger charge is -2.16. The molecule has 1 atom stereocenters. The molecule has 3 rings (SSSR count). The molecule has 0 saturated heterocycles. The molecule has 0 radical (unpaired) electrons. The van der Waals surface area contributed by atoms with Gasteiger partial charge >= 0.3 is 0 Å². The molecule has 1 aliphatic heterocycles. The third-order valence-electron chi connectivity index (χ3n) is 3.79. The standard InChI is InChI=1S/C17H20N2O4S/c1-12(13-6-8-15(9-7-13)19-24(2,20)21)18-10-14-4-3-5-16-17(14)23-11-22-16/h3-9,12,18-19H,10-11H2,1-2H3. The van der Waals surface area contributed by atoms with Gasteiger partial charge in [0, 0.05) is 23.8 Å². The van der Waals surface area contributed by atoms with Crippen molar-refractivity contribution in [2.45, 2.75) is 19.5 Å². The average molecular weight is 348 g/mol. The summed E-state index contributed by atoms with van der Waals surface area (Å²) in [6.07, 6.45) is 1.13. The van der Waals surface area contributed by atoms with Crippen LogP contribution in [0.2, 0.25) is 0 Å². The van der Waals surface area contributed by atoms with Gasteiger partial charge in [-0.05, 0) is 30.7 Å². The van der Waals surface area contributed by atoms with Gasteiger partial charge in [-0.3, -0.25) is 4.72 Å². The van der Waals surface area contributed by atoms with Crippen LogP contribution in [0.5, 0.6) is 11.5 Å². The van der Waals surface area contributed by atoms with Crippen LogP contribution in [0, 0.1) is 0 Å². The first kappa shape index (κ1) is 16.6. The lowest BCUT2D eigenvalue weighted by molar-refractivity contribution is 0.173. The normalized spacial score (nSPS) is 14.4. The smallest absolute Gasteiger partial charge is 0.231 e. The number of anilines is 1. The zero-order valence-corrected chi connectivity index (χ0v) is 14.4. The van der Waals surface area contributed by atoms with Crippen LogP contribution in [0.3, 0.4) is 0 Å². The monoisotopic (exact) mass is 348 g/mol. The minimum atomic E-state index is -3.25. The fourth-order valence-electron chi connectivity index (χ4n) is 2.56. The molecule has 24 heavy (non-hydrogen) atoms. The summed E-state index contributed by atoms with van der Waals surface area (Å²) < 4.78 is 35.8. The predicted molar refractivity (Wildman–Crippen MR) is 92.7 cm³/mol. The summed E-state index contributed by atoms with van der Waals surface area (Å²) in [5.74, 6) is 1.57. The number of fused-ring (bicyclic) bond motifs is 1. The van der Waals surface area contributed by atoms with Gasteiger partial charge in [-0.2, -0.15) is 0 Å². The van der Waals surface area contributed by atoms with Gasteiger partial charge in [-0.15, -0.1) is 0 Å². The molecule has 2 aromatic carbocycles. The molecule has 0 aromatic heterocycles. The van der Waals surface area contributed by atoms with Crippen molar-refractivity contribution in [2.24, 2.45) is 0 Å². The summed E-state index contributed by atoms with van der Waals surface area (Å²) in [7, 11) is -3.25. The Kier molecular flexibility index (Phi) is 4.64. The maximum Gasteiger partial charge on any atom is 0.231 e. The Labute approximate surface area is 141 Å². The number of para-hydroxylation sites is 1. The molecule has 7 heteroatoms. The Morgan fingerprint density at radius 1 is 1.12 bits per heavy atom. The Hall–Kier alpha value is -2.25. The first-order valence-corrected chi connectivity index (χ1v) is 9.50. The van der Waals surface area contributed by atoms with Gasteiger partial charge in [0.25, 0.3) is 0 Å². The molecule has 6 nitrogen and oxygen atoms in total. The predicted octanol–water partition coefficient (Wildman–Crippen LogP) is 2.64. The number of nitrogens with one attached hydrogen (secondary N) is 2. The first-order chi connectivity index (χ1) is 11.4. The fourth-order valence-corrected chi connectivity index (χ4v) is 3.13. The summed E-state index contributed by atoms with van der Waals surface area (Å²) in [6.45, 7) is 2.97. The van der Waals surface area contributed by atoms with Crippen LogP contribution in [0.1, 0.15) is 24.1 Å². The van der Waals surface area contributed by atoms with Gasteiger partial charge in [0.05, 0.1) is 6.26 Å². The zero-order valence-electron chi connectivity index (χ0n) is 13.6. The van der Waals surface area contributed by atoms with Crippen LogP contribution in [0.15, 0.2) is 42.5 Å². The van der Waals surface area contributed by atoms with Crippen molar-refractivity contribution in [3.8, 4) is 11.5 Å². The van der Waals surface area contributed by atoms with Crippen molar-refractivity contribution in [3.63, 3.8) is 0 Å². The molecule has 0 saturated carbocycles. The number of ether oxygens (including phenoxy) is 2. The molecule has 0 fully saturated rings. The number of benzene rings is 2. The molecule has 0 amide bonds. The second-order valence-corrected chi connectivity index (χ2v) is 7.50. The minimum Gasteiger partial charge on any atom is -0.454 e. The highest BCUT2D eigenvalue weighted by Gasteiger charge is 2.17. The summed E-state index contributed by atoms with van der Waals surface area (Å²) in [5.41, 5.74) is 2.67. The molecular formula is C17H20N2O4S. The van der Waals surface area contributed by atoms with Crippen LogP contribution in [0.25, 0.3) is 0 Å². The Morgan fingerprint density at radius 2 is 1.88 bits per heavy atom. The molecule has 1 heterocycles. The molecule has 128 valence electrons. The van der Waals surface area contributed by atoms with Crippen LogP contribution in [-0.4, -0.2) is 21.5 Å². The van der Waals surface area contributed by atoms with Gasteiger partial charge < -0.3 is 14.8 Å². The van der Waals surface area contributed by atoms with E-state index in [-0.39, 0.29) is 12.8 Å². The van der Waals surface area contributed by atoms with E-state index in [9.17, 15) is 8.42 Å². The van der Waals surface area contributed by atoms with E-state index in [1.165, 1.54) is 0 Å². The van der Waals surface area contributed by atoms with Crippen molar-refractivity contribution < 1.29 is 17.9 Å². The highest BCUT2D eigenvalue weighted by Crippen LogP contribution is 2.35. The van der Waals surface area contributed by atoms with Gasteiger partial charge in [0.15, 0.2) is 11.5 Å². The lowest BCUT2D eigenvalue weighted by atomic mass is 10.1. The van der Waals surface area contributed by atoms with Crippen molar-refractivity contribution in [3.05, 3.63) is 53.6 Å². The molecule has 1 aliphatic rings. The van der Waals surface area contributed by atoms with Gasteiger partial charge in [-0.25, -0.2) is 8.42 Å². The number of rotatable bonds is 6. The molecular weight excluding hydrogens is 328 g/mol. The van der Waals surface area contributed by atoms with E-state index in [0.29, 0.717) is 12.2 Å². The summed E-state index contributed by atoms with van der Waals surface area (Å²) in [6, 6.07) is 13.3. The fraction of sp³-hybridized carbons (Fsp3) is 0.294. The first-order valence-electron chi connectivity index (χ1n) is 7.61. The summed E-state index contributed by atoms with van der Waals surface area (Å²) in [5, 5.41) is 3.44. The Balaban J connectivity index is 1.63. The molecule has 2 N–H and O–H groups in total. The molecule has 0 aliphatic carbocycles. The Bertz CT molecular complexity index is 819. The topological polar surface area (TPSA) is 76.7 Å². The van der Waals surface area contributed by atoms with E-state index in [0.717, 1.165) is 28.9 Å². The highest BCUT2D eigenvalue weighted by atomic mass is 32.2. The van der Waals surface area contributed by atoms with Crippen LogP contribution in [-0.2, 0) is 16.6 Å². The molecule has 2 aromatic rings. The minimum absolute atomic E-state index is 0.107. The van der Waals surface area contributed by atoms with Crippen LogP contribution in [0.4, 0.5) is 5.69 Å². The summed E-state index contributed by atoms with van der Waals surface area (Å²) in [4.78, 5) is 0. The van der Waals surface area contributed by atoms with Crippen LogP contribution < -0.4 is 19.5 Å². The summed E-state index contributed by atoms with van der Waals surface area (Å²) >= 11 is 0. The van der Waals surface area contributed by atoms with Crippen LogP contribution >= 0.6 is 0 Å². The third-order valence-corrected chi connectivity index (χ3v) is 4.40. The number of sulfonamides is 1. The van der Waals surface area contributed by atoms with E-state index in [4.69, 9.17) is 9.47 Å². The molecule has 1 unspecified atom stereocenters. The molecule has 0 spiro atoms. The third kappa shape index (κ3) is 3.98. The number of hydrogen-bond acceptors (Lipinski definition) is 5. The zero-order chi connectivity index (χ0) is 17.2. The van der Waals surface area contributed by atoms with Gasteiger partial charge in [0.1, 0.15) is 0 Å². The van der Waals surface area contributed by atoms with E-state index in [1.807, 2.05) is 30.3 Å². The van der Waals surface area contributed by atoms with Crippen molar-refractivity contribution in [1.29, 1.82) is 0 Å². The highest BCUT2D eigenvalue weighted by molar-refractivity contribution is 7.92. The maximum atomic E-state index is 11.2. The van der Waals surface area contributed by atoms with Crippen molar-refractivity contribution in [1.82, 2.24) is 5.32 Å².